The Morgan fingerprint density at radius 1 is 0.667 bits per heavy atom. The zero-order valence-electron chi connectivity index (χ0n) is 9.30. The van der Waals surface area contributed by atoms with Gasteiger partial charge in [-0.25, -0.2) is 0 Å². The average molecular weight is 271 g/mol. The van der Waals surface area contributed by atoms with Crippen molar-refractivity contribution >= 4 is 20.3 Å². The maximum atomic E-state index is 7.17. The second kappa shape index (κ2) is 21.1. The topological polar surface area (TPSA) is 242 Å². The first kappa shape index (κ1) is 30.1. The Kier molecular flexibility index (Phi) is 35.3. The van der Waals surface area contributed by atoms with E-state index in [0.29, 0.717) is 0 Å². The van der Waals surface area contributed by atoms with E-state index in [-0.39, 0.29) is 16.4 Å². The Morgan fingerprint density at radius 2 is 0.889 bits per heavy atom. The van der Waals surface area contributed by atoms with Gasteiger partial charge in [0.05, 0.1) is 0 Å². The van der Waals surface area contributed by atoms with Gasteiger partial charge in [-0.3, -0.25) is 0 Å². The second-order valence-corrected chi connectivity index (χ2v) is 2.10. The lowest BCUT2D eigenvalue weighted by Gasteiger charge is -1.83. The molecule has 14 N–H and O–H groups in total. The number of nitrogens with two attached hydrogens (primary N) is 1. The highest BCUT2D eigenvalue weighted by molar-refractivity contribution is 6.30. The minimum atomic E-state index is -2.17. The van der Waals surface area contributed by atoms with Crippen LogP contribution in [0.3, 0.4) is 0 Å². The second-order valence-electron chi connectivity index (χ2n) is 2.10. The number of nitrogen functional groups attached to an aromatic ring is 1. The van der Waals surface area contributed by atoms with E-state index in [1.165, 1.54) is 0 Å². The van der Waals surface area contributed by atoms with E-state index < -0.39 is 14.6 Å². The van der Waals surface area contributed by atoms with Gasteiger partial charge in [0.1, 0.15) is 0 Å². The summed E-state index contributed by atoms with van der Waals surface area (Å²) in [7, 11) is -4.33. The highest BCUT2D eigenvalue weighted by Gasteiger charge is 1.93. The molecule has 1 aromatic rings. The first-order valence-corrected chi connectivity index (χ1v) is 3.75. The molecular weight excluding hydrogens is 252 g/mol. The SMILES string of the molecule is Nc1ccccc1.O.O.O.OB(O)O.OB(O)O. The first-order chi connectivity index (χ1) is 6.86. The van der Waals surface area contributed by atoms with Crippen LogP contribution in [-0.2, 0) is 0 Å². The van der Waals surface area contributed by atoms with Crippen molar-refractivity contribution in [3.05, 3.63) is 30.3 Å². The normalized spacial score (nSPS) is 6.33. The molecule has 0 atom stereocenters. The molecule has 0 aliphatic heterocycles. The molecule has 12 heteroatoms. The Balaban J connectivity index is -0.0000000461. The van der Waals surface area contributed by atoms with Crippen molar-refractivity contribution in [3.8, 4) is 0 Å². The van der Waals surface area contributed by atoms with Crippen LogP contribution in [0.2, 0.25) is 0 Å². The summed E-state index contributed by atoms with van der Waals surface area (Å²) in [5.41, 5.74) is 6.18. The van der Waals surface area contributed by atoms with E-state index in [1.807, 2.05) is 30.3 Å². The molecule has 0 aromatic heterocycles. The number of anilines is 1. The van der Waals surface area contributed by atoms with Crippen LogP contribution in [0.15, 0.2) is 30.3 Å². The van der Waals surface area contributed by atoms with Gasteiger partial charge in [-0.1, -0.05) is 18.2 Å². The zero-order valence-corrected chi connectivity index (χ0v) is 9.30. The highest BCUT2D eigenvalue weighted by atomic mass is 16.5. The molecule has 0 heterocycles. The molecule has 0 amide bonds. The van der Waals surface area contributed by atoms with E-state index in [9.17, 15) is 0 Å². The van der Waals surface area contributed by atoms with Gasteiger partial charge in [0.2, 0.25) is 0 Å². The standard InChI is InChI=1S/C6H7N.2BH3O3.3H2O/c7-6-4-2-1-3-5-6;2*2-1(3)4;;;/h1-5H,7H2;2*2-4H;3*1H2. The van der Waals surface area contributed by atoms with Crippen molar-refractivity contribution in [2.24, 2.45) is 0 Å². The van der Waals surface area contributed by atoms with Gasteiger partial charge in [-0.2, -0.15) is 0 Å². The lowest BCUT2D eigenvalue weighted by Crippen LogP contribution is -2.07. The number of benzene rings is 1. The molecule has 10 nitrogen and oxygen atoms in total. The molecule has 0 saturated heterocycles. The van der Waals surface area contributed by atoms with Gasteiger partial charge >= 0.3 is 14.6 Å². The van der Waals surface area contributed by atoms with Gasteiger partial charge in [-0.15, -0.1) is 0 Å². The molecular formula is C6H19B2NO9. The molecule has 1 rings (SSSR count). The van der Waals surface area contributed by atoms with E-state index in [2.05, 4.69) is 0 Å². The quantitative estimate of drug-likeness (QED) is 0.178. The Labute approximate surface area is 104 Å². The fourth-order valence-corrected chi connectivity index (χ4v) is 0.453. The van der Waals surface area contributed by atoms with Crippen molar-refractivity contribution in [2.75, 3.05) is 5.73 Å². The number of rotatable bonds is 0. The highest BCUT2D eigenvalue weighted by Crippen LogP contribution is 1.95. The van der Waals surface area contributed by atoms with E-state index in [0.717, 1.165) is 5.69 Å². The summed E-state index contributed by atoms with van der Waals surface area (Å²) in [5, 5.41) is 43.0. The van der Waals surface area contributed by atoms with Crippen LogP contribution in [0.4, 0.5) is 5.69 Å². The maximum absolute atomic E-state index is 7.17. The fraction of sp³-hybridized carbons (Fsp3) is 0. The predicted molar refractivity (Wildman–Crippen MR) is 66.5 cm³/mol. The summed E-state index contributed by atoms with van der Waals surface area (Å²) >= 11 is 0. The molecule has 1 aromatic carbocycles. The maximum Gasteiger partial charge on any atom is 0.631 e. The van der Waals surface area contributed by atoms with Crippen LogP contribution in [0.1, 0.15) is 0 Å². The Bertz CT molecular complexity index is 214. The molecule has 0 fully saturated rings. The molecule has 0 saturated carbocycles. The Morgan fingerprint density at radius 3 is 1.00 bits per heavy atom. The fourth-order valence-electron chi connectivity index (χ4n) is 0.453. The first-order valence-electron chi connectivity index (χ1n) is 3.75. The molecule has 0 radical (unpaired) electrons. The van der Waals surface area contributed by atoms with Gasteiger partial charge in [0, 0.05) is 5.69 Å². The predicted octanol–water partition coefficient (Wildman–Crippen LogP) is -5.31. The number of hydrogen-bond donors (Lipinski definition) is 7. The largest absolute Gasteiger partial charge is 0.631 e. The van der Waals surface area contributed by atoms with Crippen molar-refractivity contribution in [2.45, 2.75) is 0 Å². The molecule has 0 bridgehead atoms. The van der Waals surface area contributed by atoms with Crippen LogP contribution in [0.25, 0.3) is 0 Å². The van der Waals surface area contributed by atoms with Gasteiger partial charge in [-0.05, 0) is 12.1 Å². The third-order valence-corrected chi connectivity index (χ3v) is 0.800. The van der Waals surface area contributed by atoms with E-state index >= 15 is 0 Å². The van der Waals surface area contributed by atoms with Crippen molar-refractivity contribution in [1.29, 1.82) is 0 Å². The minimum Gasteiger partial charge on any atom is -0.412 e. The number of hydrogen-bond acceptors (Lipinski definition) is 7. The molecule has 108 valence electrons. The zero-order chi connectivity index (χ0) is 12.3. The summed E-state index contributed by atoms with van der Waals surface area (Å²) in [5.74, 6) is 0. The monoisotopic (exact) mass is 271 g/mol. The molecule has 0 aliphatic rings. The third-order valence-electron chi connectivity index (χ3n) is 0.800. The van der Waals surface area contributed by atoms with E-state index in [4.69, 9.17) is 35.9 Å². The molecule has 0 spiro atoms. The summed E-state index contributed by atoms with van der Waals surface area (Å²) in [6, 6.07) is 9.49. The lowest BCUT2D eigenvalue weighted by molar-refractivity contribution is 0.276. The van der Waals surface area contributed by atoms with Crippen LogP contribution < -0.4 is 5.73 Å². The van der Waals surface area contributed by atoms with Crippen LogP contribution in [0, 0.1) is 0 Å². The molecule has 18 heavy (non-hydrogen) atoms. The number of para-hydroxylation sites is 1. The van der Waals surface area contributed by atoms with Gasteiger partial charge in [0.25, 0.3) is 0 Å². The smallest absolute Gasteiger partial charge is 0.412 e. The molecule has 0 aliphatic carbocycles. The van der Waals surface area contributed by atoms with Crippen LogP contribution >= 0.6 is 0 Å². The van der Waals surface area contributed by atoms with Crippen LogP contribution in [-0.4, -0.2) is 61.2 Å². The summed E-state index contributed by atoms with van der Waals surface area (Å²) < 4.78 is 0. The Hall–Kier alpha value is -1.21. The summed E-state index contributed by atoms with van der Waals surface area (Å²) in [4.78, 5) is 0. The average Bonchev–Trinajstić information content (AvgIpc) is 2.03. The molecule has 0 unspecified atom stereocenters. The van der Waals surface area contributed by atoms with Crippen molar-refractivity contribution in [3.63, 3.8) is 0 Å². The van der Waals surface area contributed by atoms with Gasteiger partial charge in [0.15, 0.2) is 0 Å². The van der Waals surface area contributed by atoms with Crippen molar-refractivity contribution in [1.82, 2.24) is 0 Å². The summed E-state index contributed by atoms with van der Waals surface area (Å²) in [6.45, 7) is 0. The minimum absolute atomic E-state index is 0. The van der Waals surface area contributed by atoms with Crippen LogP contribution in [0.5, 0.6) is 0 Å². The van der Waals surface area contributed by atoms with Gasteiger partial charge < -0.3 is 52.3 Å². The lowest BCUT2D eigenvalue weighted by atomic mass is 10.3. The van der Waals surface area contributed by atoms with E-state index in [1.54, 1.807) is 0 Å². The van der Waals surface area contributed by atoms with Crippen molar-refractivity contribution < 1.29 is 46.6 Å². The summed E-state index contributed by atoms with van der Waals surface area (Å²) in [6.07, 6.45) is 0. The third kappa shape index (κ3) is 61.0.